The largest absolute Gasteiger partial charge is 0.458 e. The van der Waals surface area contributed by atoms with E-state index in [1.165, 1.54) is 0 Å². The molecule has 34 heavy (non-hydrogen) atoms. The van der Waals surface area contributed by atoms with Crippen LogP contribution >= 0.6 is 0 Å². The normalized spacial score (nSPS) is 52.4. The maximum atomic E-state index is 13.3. The Morgan fingerprint density at radius 3 is 2.65 bits per heavy atom. The van der Waals surface area contributed by atoms with Crippen molar-refractivity contribution in [2.24, 2.45) is 40.4 Å². The maximum Gasteiger partial charge on any atom is 0.336 e. The molecule has 6 rings (SSSR count). The van der Waals surface area contributed by atoms with Crippen molar-refractivity contribution in [3.8, 4) is 0 Å². The van der Waals surface area contributed by atoms with Gasteiger partial charge in [0.05, 0.1) is 23.7 Å². The van der Waals surface area contributed by atoms with Crippen molar-refractivity contribution in [1.29, 1.82) is 0 Å². The first kappa shape index (κ1) is 22.9. The molecule has 6 aliphatic rings. The minimum absolute atomic E-state index is 0.0366. The van der Waals surface area contributed by atoms with Crippen LogP contribution in [0.15, 0.2) is 23.3 Å². The van der Waals surface area contributed by atoms with E-state index in [-0.39, 0.29) is 47.8 Å². The topological polar surface area (TPSA) is 96.4 Å². The van der Waals surface area contributed by atoms with Gasteiger partial charge in [0.2, 0.25) is 0 Å². The lowest BCUT2D eigenvalue weighted by atomic mass is 9.44. The second-order valence-corrected chi connectivity index (χ2v) is 12.5. The SMILES string of the molecule is CC1=C(CO)C(=O)OC([C@@H](C)C2CCC3C4CC5OC56[C@@H](O)C=CC(=O)C6(C)C4CC[C@@]32C)C1. The second kappa shape index (κ2) is 7.27. The van der Waals surface area contributed by atoms with Crippen LogP contribution in [-0.2, 0) is 19.1 Å². The predicted molar refractivity (Wildman–Crippen MR) is 124 cm³/mol. The minimum Gasteiger partial charge on any atom is -0.458 e. The van der Waals surface area contributed by atoms with Gasteiger partial charge in [0.15, 0.2) is 5.78 Å². The molecule has 11 atom stereocenters. The van der Waals surface area contributed by atoms with Gasteiger partial charge in [-0.2, -0.15) is 0 Å². The van der Waals surface area contributed by atoms with E-state index < -0.39 is 17.1 Å². The fourth-order valence-corrected chi connectivity index (χ4v) is 9.69. The second-order valence-electron chi connectivity index (χ2n) is 12.5. The van der Waals surface area contributed by atoms with Crippen LogP contribution in [0.5, 0.6) is 0 Å². The van der Waals surface area contributed by atoms with Crippen molar-refractivity contribution in [1.82, 2.24) is 0 Å². The first-order valence-corrected chi connectivity index (χ1v) is 13.2. The summed E-state index contributed by atoms with van der Waals surface area (Å²) in [4.78, 5) is 25.8. The van der Waals surface area contributed by atoms with Gasteiger partial charge >= 0.3 is 5.97 Å². The number of rotatable bonds is 3. The fourth-order valence-electron chi connectivity index (χ4n) is 9.69. The van der Waals surface area contributed by atoms with E-state index >= 15 is 0 Å². The van der Waals surface area contributed by atoms with Crippen molar-refractivity contribution in [3.63, 3.8) is 0 Å². The maximum absolute atomic E-state index is 13.3. The van der Waals surface area contributed by atoms with Crippen LogP contribution in [0.3, 0.4) is 0 Å². The van der Waals surface area contributed by atoms with Crippen LogP contribution in [0.25, 0.3) is 0 Å². The number of aliphatic hydroxyl groups excluding tert-OH is 2. The molecule has 1 spiro atoms. The number of ether oxygens (including phenoxy) is 2. The number of esters is 1. The number of cyclic esters (lactones) is 1. The molecule has 8 unspecified atom stereocenters. The Bertz CT molecular complexity index is 999. The average molecular weight is 471 g/mol. The van der Waals surface area contributed by atoms with Gasteiger partial charge in [-0.25, -0.2) is 4.79 Å². The summed E-state index contributed by atoms with van der Waals surface area (Å²) in [6, 6.07) is 0. The van der Waals surface area contributed by atoms with Gasteiger partial charge in [0.1, 0.15) is 17.8 Å². The third kappa shape index (κ3) is 2.63. The average Bonchev–Trinajstić information content (AvgIpc) is 3.43. The molecule has 186 valence electrons. The molecule has 1 saturated heterocycles. The highest BCUT2D eigenvalue weighted by atomic mass is 16.6. The summed E-state index contributed by atoms with van der Waals surface area (Å²) in [6.07, 6.45) is 8.23. The molecule has 0 aromatic heterocycles. The number of carbonyl (C=O) groups is 2. The Morgan fingerprint density at radius 1 is 1.18 bits per heavy atom. The Kier molecular flexibility index (Phi) is 4.90. The van der Waals surface area contributed by atoms with Gasteiger partial charge in [0.25, 0.3) is 0 Å². The van der Waals surface area contributed by atoms with Crippen molar-refractivity contribution in [2.45, 2.75) is 90.1 Å². The van der Waals surface area contributed by atoms with Crippen LogP contribution in [0.1, 0.15) is 66.2 Å². The number of fused-ring (bicyclic) bond motifs is 4. The zero-order chi connectivity index (χ0) is 24.2. The molecular formula is C28H38O6. The Labute approximate surface area is 201 Å². The molecule has 0 amide bonds. The monoisotopic (exact) mass is 470 g/mol. The first-order chi connectivity index (χ1) is 16.1. The third-order valence-electron chi connectivity index (χ3n) is 11.6. The lowest BCUT2D eigenvalue weighted by Gasteiger charge is -2.58. The summed E-state index contributed by atoms with van der Waals surface area (Å²) in [5, 5.41) is 20.4. The number of allylic oxidation sites excluding steroid dienone is 1. The summed E-state index contributed by atoms with van der Waals surface area (Å²) in [5.74, 6) is 1.61. The molecular weight excluding hydrogens is 432 g/mol. The standard InChI is InChI=1S/C28H38O6/c1-14-11-21(33-25(32)17(14)13-29)15(2)18-5-6-19-16-12-24-28(34-24)23(31)8-7-22(30)27(28,4)20(16)9-10-26(18,19)3/h7-8,15-16,18-21,23-24,29,31H,5-6,9-13H2,1-4H3/t15-,16?,18?,19?,20?,21?,23-,24?,26+,27?,28?/m0/s1. The Hall–Kier alpha value is -1.50. The molecule has 0 aromatic rings. The number of hydrogen-bond donors (Lipinski definition) is 2. The lowest BCUT2D eigenvalue weighted by molar-refractivity contribution is -0.155. The summed E-state index contributed by atoms with van der Waals surface area (Å²) in [5.41, 5.74) is 0.129. The Balaban J connectivity index is 1.27. The van der Waals surface area contributed by atoms with Gasteiger partial charge < -0.3 is 19.7 Å². The lowest BCUT2D eigenvalue weighted by Crippen LogP contribution is -2.63. The molecule has 6 heteroatoms. The van der Waals surface area contributed by atoms with E-state index in [2.05, 4.69) is 20.8 Å². The number of aliphatic hydroxyl groups is 2. The van der Waals surface area contributed by atoms with Gasteiger partial charge in [-0.05, 0) is 93.1 Å². The summed E-state index contributed by atoms with van der Waals surface area (Å²) < 4.78 is 12.1. The number of carbonyl (C=O) groups excluding carboxylic acids is 2. The van der Waals surface area contributed by atoms with Crippen LogP contribution in [0.2, 0.25) is 0 Å². The predicted octanol–water partition coefficient (Wildman–Crippen LogP) is 3.35. The van der Waals surface area contributed by atoms with Crippen LogP contribution in [-0.4, -0.2) is 52.5 Å². The zero-order valence-corrected chi connectivity index (χ0v) is 20.8. The summed E-state index contributed by atoms with van der Waals surface area (Å²) >= 11 is 0. The van der Waals surface area contributed by atoms with E-state index in [0.717, 1.165) is 37.7 Å². The van der Waals surface area contributed by atoms with Crippen molar-refractivity contribution < 1.29 is 29.3 Å². The molecule has 6 nitrogen and oxygen atoms in total. The van der Waals surface area contributed by atoms with Gasteiger partial charge in [-0.1, -0.05) is 19.4 Å². The molecule has 2 aliphatic heterocycles. The van der Waals surface area contributed by atoms with Crippen molar-refractivity contribution in [2.75, 3.05) is 6.61 Å². The van der Waals surface area contributed by atoms with E-state index in [1.54, 1.807) is 12.2 Å². The molecule has 0 aromatic carbocycles. The van der Waals surface area contributed by atoms with Gasteiger partial charge in [-0.3, -0.25) is 4.79 Å². The Morgan fingerprint density at radius 2 is 1.94 bits per heavy atom. The van der Waals surface area contributed by atoms with Crippen molar-refractivity contribution in [3.05, 3.63) is 23.3 Å². The summed E-state index contributed by atoms with van der Waals surface area (Å²) in [6.45, 7) is 8.41. The van der Waals surface area contributed by atoms with Crippen molar-refractivity contribution >= 4 is 11.8 Å². The van der Waals surface area contributed by atoms with E-state index in [4.69, 9.17) is 9.47 Å². The minimum atomic E-state index is -0.719. The smallest absolute Gasteiger partial charge is 0.336 e. The number of hydrogen-bond acceptors (Lipinski definition) is 6. The first-order valence-electron chi connectivity index (χ1n) is 13.2. The van der Waals surface area contributed by atoms with E-state index in [9.17, 15) is 19.8 Å². The van der Waals surface area contributed by atoms with Gasteiger partial charge in [0, 0.05) is 6.42 Å². The van der Waals surface area contributed by atoms with E-state index in [0.29, 0.717) is 29.7 Å². The fraction of sp³-hybridized carbons (Fsp3) is 0.786. The van der Waals surface area contributed by atoms with Crippen LogP contribution in [0, 0.1) is 40.4 Å². The zero-order valence-electron chi connectivity index (χ0n) is 20.8. The van der Waals surface area contributed by atoms with Gasteiger partial charge in [-0.15, -0.1) is 0 Å². The van der Waals surface area contributed by atoms with E-state index in [1.807, 2.05) is 6.92 Å². The molecule has 4 fully saturated rings. The molecule has 2 N–H and O–H groups in total. The quantitative estimate of drug-likeness (QED) is 0.485. The van der Waals surface area contributed by atoms with Crippen LogP contribution < -0.4 is 0 Å². The molecule has 4 aliphatic carbocycles. The highest BCUT2D eigenvalue weighted by Gasteiger charge is 2.80. The number of ketones is 1. The highest BCUT2D eigenvalue weighted by molar-refractivity contribution is 5.98. The number of epoxide rings is 1. The summed E-state index contributed by atoms with van der Waals surface area (Å²) in [7, 11) is 0. The third-order valence-corrected chi connectivity index (χ3v) is 11.6. The molecule has 0 radical (unpaired) electrons. The molecule has 3 saturated carbocycles. The molecule has 2 heterocycles. The molecule has 0 bridgehead atoms. The van der Waals surface area contributed by atoms with Crippen LogP contribution in [0.4, 0.5) is 0 Å². The highest BCUT2D eigenvalue weighted by Crippen LogP contribution is 2.73.